The van der Waals surface area contributed by atoms with Crippen LogP contribution in [0.5, 0.6) is 0 Å². The molecule has 2 heterocycles. The minimum atomic E-state index is 0.806. The lowest BCUT2D eigenvalue weighted by Crippen LogP contribution is -2.53. The summed E-state index contributed by atoms with van der Waals surface area (Å²) in [4.78, 5) is 13.7. The molecule has 0 bridgehead atoms. The molecule has 5 heteroatoms. The topological polar surface area (TPSA) is 43.8 Å². The number of nitrogens with one attached hydrogen (secondary N) is 1. The van der Waals surface area contributed by atoms with E-state index in [2.05, 4.69) is 44.1 Å². The highest BCUT2D eigenvalue weighted by molar-refractivity contribution is 5.80. The van der Waals surface area contributed by atoms with Crippen LogP contribution in [0.2, 0.25) is 0 Å². The predicted octanol–water partition coefficient (Wildman–Crippen LogP) is 2.61. The Hall–Kier alpha value is -1.78. The molecule has 2 aliphatic rings. The predicted molar refractivity (Wildman–Crippen MR) is 101 cm³/mol. The monoisotopic (exact) mass is 329 g/mol. The van der Waals surface area contributed by atoms with Gasteiger partial charge in [-0.15, -0.1) is 0 Å². The van der Waals surface area contributed by atoms with Gasteiger partial charge in [0.2, 0.25) is 0 Å². The molecule has 2 unspecified atom stereocenters. The number of aromatic nitrogens is 1. The van der Waals surface area contributed by atoms with Gasteiger partial charge in [0.15, 0.2) is 5.96 Å². The molecule has 132 valence electrons. The smallest absolute Gasteiger partial charge is 0.193 e. The fourth-order valence-electron chi connectivity index (χ4n) is 4.00. The average molecular weight is 329 g/mol. The lowest BCUT2D eigenvalue weighted by Gasteiger charge is -2.37. The Morgan fingerprint density at radius 1 is 1.25 bits per heavy atom. The number of pyridine rings is 1. The molecule has 0 aromatic carbocycles. The third kappa shape index (κ3) is 4.40. The van der Waals surface area contributed by atoms with Crippen LogP contribution in [0.15, 0.2) is 29.4 Å². The summed E-state index contributed by atoms with van der Waals surface area (Å²) in [5, 5.41) is 3.63. The van der Waals surface area contributed by atoms with Crippen LogP contribution < -0.4 is 10.2 Å². The van der Waals surface area contributed by atoms with Crippen molar-refractivity contribution in [2.45, 2.75) is 32.6 Å². The Bertz CT molecular complexity index is 522. The normalized spacial score (nSPS) is 25.7. The molecule has 1 aliphatic carbocycles. The lowest BCUT2D eigenvalue weighted by molar-refractivity contribution is 0.278. The number of piperazine rings is 1. The Labute approximate surface area is 146 Å². The van der Waals surface area contributed by atoms with E-state index in [1.54, 1.807) is 0 Å². The Morgan fingerprint density at radius 3 is 2.75 bits per heavy atom. The van der Waals surface area contributed by atoms with Crippen molar-refractivity contribution in [3.63, 3.8) is 0 Å². The molecule has 1 saturated carbocycles. The molecule has 0 radical (unpaired) electrons. The van der Waals surface area contributed by atoms with E-state index in [1.165, 1.54) is 25.7 Å². The first-order valence-electron chi connectivity index (χ1n) is 9.38. The van der Waals surface area contributed by atoms with Gasteiger partial charge in [-0.1, -0.05) is 25.8 Å². The average Bonchev–Trinajstić information content (AvgIpc) is 2.64. The maximum atomic E-state index is 4.51. The molecule has 2 atom stereocenters. The second-order valence-electron chi connectivity index (χ2n) is 7.23. The van der Waals surface area contributed by atoms with E-state index < -0.39 is 0 Å². The summed E-state index contributed by atoms with van der Waals surface area (Å²) < 4.78 is 0. The number of hydrogen-bond acceptors (Lipinski definition) is 3. The maximum Gasteiger partial charge on any atom is 0.193 e. The summed E-state index contributed by atoms with van der Waals surface area (Å²) in [5.74, 6) is 3.83. The van der Waals surface area contributed by atoms with Crippen molar-refractivity contribution >= 4 is 11.8 Å². The molecule has 1 aromatic rings. The summed E-state index contributed by atoms with van der Waals surface area (Å²) in [6.45, 7) is 7.44. The summed E-state index contributed by atoms with van der Waals surface area (Å²) >= 11 is 0. The standard InChI is InChI=1S/C19H31N5/c1-16-6-5-7-17(14-16)15-22-19(20-2)24-12-10-23(11-13-24)18-8-3-4-9-21-18/h3-4,8-9,16-17H,5-7,10-15H2,1-2H3,(H,20,22). The fourth-order valence-corrected chi connectivity index (χ4v) is 4.00. The third-order valence-corrected chi connectivity index (χ3v) is 5.36. The van der Waals surface area contributed by atoms with Crippen molar-refractivity contribution in [3.05, 3.63) is 24.4 Å². The van der Waals surface area contributed by atoms with Crippen LogP contribution in [0.1, 0.15) is 32.6 Å². The highest BCUT2D eigenvalue weighted by Crippen LogP contribution is 2.27. The minimum absolute atomic E-state index is 0.806. The molecule has 1 saturated heterocycles. The largest absolute Gasteiger partial charge is 0.356 e. The second-order valence-corrected chi connectivity index (χ2v) is 7.23. The first kappa shape index (κ1) is 17.1. The second kappa shape index (κ2) is 8.36. The summed E-state index contributed by atoms with van der Waals surface area (Å²) in [7, 11) is 1.90. The van der Waals surface area contributed by atoms with E-state index in [-0.39, 0.29) is 0 Å². The Kier molecular flexibility index (Phi) is 5.94. The van der Waals surface area contributed by atoms with Crippen LogP contribution in [0.4, 0.5) is 5.82 Å². The number of guanidine groups is 1. The molecule has 0 amide bonds. The molecule has 1 N–H and O–H groups in total. The highest BCUT2D eigenvalue weighted by atomic mass is 15.4. The molecule has 5 nitrogen and oxygen atoms in total. The number of rotatable bonds is 3. The zero-order valence-corrected chi connectivity index (χ0v) is 15.1. The van der Waals surface area contributed by atoms with E-state index in [1.807, 2.05) is 19.3 Å². The molecule has 1 aliphatic heterocycles. The third-order valence-electron chi connectivity index (χ3n) is 5.36. The van der Waals surface area contributed by atoms with Crippen LogP contribution in [0, 0.1) is 11.8 Å². The van der Waals surface area contributed by atoms with Crippen molar-refractivity contribution in [2.75, 3.05) is 44.7 Å². The van der Waals surface area contributed by atoms with Crippen LogP contribution >= 0.6 is 0 Å². The molecular weight excluding hydrogens is 298 g/mol. The first-order chi connectivity index (χ1) is 11.8. The maximum absolute atomic E-state index is 4.51. The van der Waals surface area contributed by atoms with Crippen LogP contribution in [0.25, 0.3) is 0 Å². The van der Waals surface area contributed by atoms with E-state index in [9.17, 15) is 0 Å². The summed E-state index contributed by atoms with van der Waals surface area (Å²) in [6.07, 6.45) is 7.38. The Balaban J connectivity index is 1.47. The zero-order valence-electron chi connectivity index (χ0n) is 15.1. The van der Waals surface area contributed by atoms with Crippen LogP contribution in [-0.2, 0) is 0 Å². The Morgan fingerprint density at radius 2 is 2.08 bits per heavy atom. The number of anilines is 1. The van der Waals surface area contributed by atoms with Crippen molar-refractivity contribution in [1.82, 2.24) is 15.2 Å². The van der Waals surface area contributed by atoms with E-state index >= 15 is 0 Å². The molecule has 0 spiro atoms. The van der Waals surface area contributed by atoms with Gasteiger partial charge in [-0.3, -0.25) is 4.99 Å². The molecule has 24 heavy (non-hydrogen) atoms. The van der Waals surface area contributed by atoms with Gasteiger partial charge in [-0.05, 0) is 36.8 Å². The van der Waals surface area contributed by atoms with Crippen molar-refractivity contribution in [1.29, 1.82) is 0 Å². The first-order valence-corrected chi connectivity index (χ1v) is 9.38. The number of aliphatic imine (C=N–C) groups is 1. The quantitative estimate of drug-likeness (QED) is 0.684. The van der Waals surface area contributed by atoms with Crippen LogP contribution in [-0.4, -0.2) is 55.6 Å². The van der Waals surface area contributed by atoms with Gasteiger partial charge in [0, 0.05) is 46.0 Å². The van der Waals surface area contributed by atoms with Gasteiger partial charge >= 0.3 is 0 Å². The van der Waals surface area contributed by atoms with Gasteiger partial charge in [0.25, 0.3) is 0 Å². The van der Waals surface area contributed by atoms with Crippen LogP contribution in [0.3, 0.4) is 0 Å². The van der Waals surface area contributed by atoms with Gasteiger partial charge in [-0.2, -0.15) is 0 Å². The van der Waals surface area contributed by atoms with E-state index in [4.69, 9.17) is 0 Å². The van der Waals surface area contributed by atoms with Gasteiger partial charge in [0.05, 0.1) is 0 Å². The zero-order chi connectivity index (χ0) is 16.8. The van der Waals surface area contributed by atoms with Gasteiger partial charge in [0.1, 0.15) is 5.82 Å². The van der Waals surface area contributed by atoms with Crippen molar-refractivity contribution in [2.24, 2.45) is 16.8 Å². The van der Waals surface area contributed by atoms with Crippen molar-refractivity contribution < 1.29 is 0 Å². The molecule has 1 aromatic heterocycles. The highest BCUT2D eigenvalue weighted by Gasteiger charge is 2.22. The van der Waals surface area contributed by atoms with E-state index in [0.29, 0.717) is 0 Å². The molecule has 3 rings (SSSR count). The lowest BCUT2D eigenvalue weighted by atomic mass is 9.82. The van der Waals surface area contributed by atoms with Gasteiger partial charge in [-0.25, -0.2) is 4.98 Å². The number of hydrogen-bond donors (Lipinski definition) is 1. The minimum Gasteiger partial charge on any atom is -0.356 e. The fraction of sp³-hybridized carbons (Fsp3) is 0.684. The van der Waals surface area contributed by atoms with Gasteiger partial charge < -0.3 is 15.1 Å². The summed E-state index contributed by atoms with van der Waals surface area (Å²) in [6, 6.07) is 6.12. The van der Waals surface area contributed by atoms with Crippen molar-refractivity contribution in [3.8, 4) is 0 Å². The summed E-state index contributed by atoms with van der Waals surface area (Å²) in [5.41, 5.74) is 0. The SMILES string of the molecule is CN=C(NCC1CCCC(C)C1)N1CCN(c2ccccn2)CC1. The number of nitrogens with zero attached hydrogens (tertiary/aromatic N) is 4. The van der Waals surface area contributed by atoms with E-state index in [0.717, 1.165) is 56.3 Å². The molecular formula is C19H31N5. The molecule has 2 fully saturated rings.